The number of hydrogen-bond donors (Lipinski definition) is 2. The van der Waals surface area contributed by atoms with Crippen molar-refractivity contribution >= 4 is 33.1 Å². The Balaban J connectivity index is 1.61. The van der Waals surface area contributed by atoms with Crippen LogP contribution in [0.25, 0.3) is 32.6 Å². The molecule has 4 nitrogen and oxygen atoms in total. The number of benzene rings is 3. The van der Waals surface area contributed by atoms with Gasteiger partial charge in [-0.1, -0.05) is 90.5 Å². The Morgan fingerprint density at radius 1 is 0.909 bits per heavy atom. The van der Waals surface area contributed by atoms with E-state index in [1.807, 2.05) is 60.7 Å². The second-order valence-electron chi connectivity index (χ2n) is 7.98. The van der Waals surface area contributed by atoms with E-state index in [-0.39, 0.29) is 5.91 Å². The molecule has 3 N–H and O–H groups in total. The molecule has 0 radical (unpaired) electrons. The molecule has 0 saturated carbocycles. The second kappa shape index (κ2) is 8.88. The molecule has 3 aromatic carbocycles. The number of rotatable bonds is 5. The Kier molecular flexibility index (Phi) is 5.63. The molecule has 0 aliphatic carbocycles. The third kappa shape index (κ3) is 4.23. The smallest absolute Gasteiger partial charge is 0.263 e. The molecule has 0 saturated heterocycles. The molecule has 0 fully saturated rings. The molecule has 5 aromatic rings. The molecule has 1 amide bonds. The lowest BCUT2D eigenvalue weighted by Gasteiger charge is -2.09. The summed E-state index contributed by atoms with van der Waals surface area (Å²) in [5.74, 6) is -0.185. The summed E-state index contributed by atoms with van der Waals surface area (Å²) in [6.45, 7) is 2.51. The van der Waals surface area contributed by atoms with Crippen molar-refractivity contribution in [3.63, 3.8) is 0 Å². The number of nitrogen functional groups attached to an aromatic ring is 1. The SMILES string of the molecule is Cc1ccc(-c2cc(-c3ccccc3)nc3sc(C(=O)NCc4ccccc4)c(N)c23)cc1. The average molecular weight is 450 g/mol. The van der Waals surface area contributed by atoms with Crippen LogP contribution >= 0.6 is 11.3 Å². The van der Waals surface area contributed by atoms with Crippen molar-refractivity contribution in [3.8, 4) is 22.4 Å². The zero-order chi connectivity index (χ0) is 22.8. The number of nitrogens with two attached hydrogens (primary N) is 1. The number of carbonyl (C=O) groups is 1. The minimum atomic E-state index is -0.185. The first-order valence-electron chi connectivity index (χ1n) is 10.8. The van der Waals surface area contributed by atoms with Crippen LogP contribution in [0.5, 0.6) is 0 Å². The summed E-state index contributed by atoms with van der Waals surface area (Å²) in [5, 5.41) is 3.82. The van der Waals surface area contributed by atoms with Crippen molar-refractivity contribution in [2.75, 3.05) is 5.73 Å². The normalized spacial score (nSPS) is 10.9. The van der Waals surface area contributed by atoms with Gasteiger partial charge in [0.15, 0.2) is 0 Å². The lowest BCUT2D eigenvalue weighted by molar-refractivity contribution is 0.0956. The molecule has 0 unspecified atom stereocenters. The molecule has 0 atom stereocenters. The quantitative estimate of drug-likeness (QED) is 0.324. The standard InChI is InChI=1S/C28H23N3OS/c1-18-12-14-20(15-13-18)22-16-23(21-10-6-3-7-11-21)31-28-24(22)25(29)26(33-28)27(32)30-17-19-8-4-2-5-9-19/h2-16H,17,29H2,1H3,(H,30,32). The van der Waals surface area contributed by atoms with Crippen LogP contribution in [0.4, 0.5) is 5.69 Å². The number of nitrogens with zero attached hydrogens (tertiary/aromatic N) is 1. The fourth-order valence-electron chi connectivity index (χ4n) is 3.87. The predicted molar refractivity (Wildman–Crippen MR) is 137 cm³/mol. The Labute approximate surface area is 196 Å². The van der Waals surface area contributed by atoms with Gasteiger partial charge in [-0.05, 0) is 29.7 Å². The number of aromatic nitrogens is 1. The number of carbonyl (C=O) groups excluding carboxylic acids is 1. The van der Waals surface area contributed by atoms with E-state index in [1.165, 1.54) is 16.9 Å². The first-order chi connectivity index (χ1) is 16.1. The number of anilines is 1. The van der Waals surface area contributed by atoms with Gasteiger partial charge in [-0.2, -0.15) is 0 Å². The first-order valence-corrected chi connectivity index (χ1v) is 11.6. The summed E-state index contributed by atoms with van der Waals surface area (Å²) in [6, 6.07) is 30.3. The number of nitrogens with one attached hydrogen (secondary N) is 1. The van der Waals surface area contributed by atoms with E-state index >= 15 is 0 Å². The van der Waals surface area contributed by atoms with Crippen LogP contribution in [0.2, 0.25) is 0 Å². The maximum atomic E-state index is 13.0. The van der Waals surface area contributed by atoms with Crippen LogP contribution in [0.3, 0.4) is 0 Å². The summed E-state index contributed by atoms with van der Waals surface area (Å²) >= 11 is 1.34. The summed E-state index contributed by atoms with van der Waals surface area (Å²) < 4.78 is 0. The maximum Gasteiger partial charge on any atom is 0.263 e. The van der Waals surface area contributed by atoms with E-state index in [4.69, 9.17) is 10.7 Å². The topological polar surface area (TPSA) is 68.0 Å². The van der Waals surface area contributed by atoms with Gasteiger partial charge in [0.05, 0.1) is 11.4 Å². The first kappa shape index (κ1) is 20.9. The van der Waals surface area contributed by atoms with Crippen LogP contribution in [0.1, 0.15) is 20.8 Å². The van der Waals surface area contributed by atoms with E-state index in [9.17, 15) is 4.79 Å². The Morgan fingerprint density at radius 3 is 2.27 bits per heavy atom. The fourth-order valence-corrected chi connectivity index (χ4v) is 4.90. The average Bonchev–Trinajstić information content (AvgIpc) is 3.20. The molecule has 0 aliphatic heterocycles. The van der Waals surface area contributed by atoms with Crippen molar-refractivity contribution in [2.24, 2.45) is 0 Å². The van der Waals surface area contributed by atoms with Crippen molar-refractivity contribution in [1.82, 2.24) is 10.3 Å². The third-order valence-electron chi connectivity index (χ3n) is 5.63. The van der Waals surface area contributed by atoms with E-state index in [0.29, 0.717) is 17.1 Å². The van der Waals surface area contributed by atoms with Gasteiger partial charge >= 0.3 is 0 Å². The van der Waals surface area contributed by atoms with Gasteiger partial charge in [0.2, 0.25) is 0 Å². The zero-order valence-corrected chi connectivity index (χ0v) is 19.0. The molecule has 0 spiro atoms. The molecule has 33 heavy (non-hydrogen) atoms. The number of fused-ring (bicyclic) bond motifs is 1. The van der Waals surface area contributed by atoms with Crippen molar-refractivity contribution in [3.05, 3.63) is 107 Å². The van der Waals surface area contributed by atoms with Gasteiger partial charge in [0.25, 0.3) is 5.91 Å². The van der Waals surface area contributed by atoms with Crippen LogP contribution in [-0.4, -0.2) is 10.9 Å². The van der Waals surface area contributed by atoms with E-state index in [1.54, 1.807) is 0 Å². The van der Waals surface area contributed by atoms with Gasteiger partial charge in [-0.15, -0.1) is 11.3 Å². The highest BCUT2D eigenvalue weighted by molar-refractivity contribution is 7.21. The van der Waals surface area contributed by atoms with Crippen LogP contribution in [-0.2, 0) is 6.54 Å². The number of thiophene rings is 1. The Morgan fingerprint density at radius 2 is 1.58 bits per heavy atom. The number of hydrogen-bond acceptors (Lipinski definition) is 4. The molecular weight excluding hydrogens is 426 g/mol. The van der Waals surface area contributed by atoms with Crippen molar-refractivity contribution < 1.29 is 4.79 Å². The number of amides is 1. The molecule has 0 aliphatic rings. The van der Waals surface area contributed by atoms with Gasteiger partial charge in [0.1, 0.15) is 9.71 Å². The molecule has 2 heterocycles. The van der Waals surface area contributed by atoms with Gasteiger partial charge in [-0.25, -0.2) is 4.98 Å². The van der Waals surface area contributed by atoms with Crippen LogP contribution in [0, 0.1) is 6.92 Å². The molecule has 5 rings (SSSR count). The second-order valence-corrected chi connectivity index (χ2v) is 8.98. The van der Waals surface area contributed by atoms with Crippen LogP contribution < -0.4 is 11.1 Å². The van der Waals surface area contributed by atoms with E-state index < -0.39 is 0 Å². The Bertz CT molecular complexity index is 1430. The fraction of sp³-hybridized carbons (Fsp3) is 0.0714. The summed E-state index contributed by atoms with van der Waals surface area (Å²) in [7, 11) is 0. The maximum absolute atomic E-state index is 13.0. The minimum Gasteiger partial charge on any atom is -0.397 e. The lowest BCUT2D eigenvalue weighted by Crippen LogP contribution is -2.22. The van der Waals surface area contributed by atoms with Gasteiger partial charge in [-0.3, -0.25) is 4.79 Å². The summed E-state index contributed by atoms with van der Waals surface area (Å²) in [6.07, 6.45) is 0. The number of pyridine rings is 1. The summed E-state index contributed by atoms with van der Waals surface area (Å²) in [5.41, 5.74) is 13.2. The largest absolute Gasteiger partial charge is 0.397 e. The molecule has 2 aromatic heterocycles. The highest BCUT2D eigenvalue weighted by Gasteiger charge is 2.21. The third-order valence-corrected chi connectivity index (χ3v) is 6.73. The highest BCUT2D eigenvalue weighted by atomic mass is 32.1. The van der Waals surface area contributed by atoms with Crippen molar-refractivity contribution in [2.45, 2.75) is 13.5 Å². The van der Waals surface area contributed by atoms with E-state index in [0.717, 1.165) is 38.2 Å². The van der Waals surface area contributed by atoms with E-state index in [2.05, 4.69) is 42.6 Å². The highest BCUT2D eigenvalue weighted by Crippen LogP contribution is 2.41. The lowest BCUT2D eigenvalue weighted by atomic mass is 9.99. The minimum absolute atomic E-state index is 0.185. The van der Waals surface area contributed by atoms with Gasteiger partial charge < -0.3 is 11.1 Å². The summed E-state index contributed by atoms with van der Waals surface area (Å²) in [4.78, 5) is 19.2. The molecule has 5 heteroatoms. The molecule has 162 valence electrons. The van der Waals surface area contributed by atoms with Crippen LogP contribution in [0.15, 0.2) is 91.0 Å². The zero-order valence-electron chi connectivity index (χ0n) is 18.2. The monoisotopic (exact) mass is 449 g/mol. The predicted octanol–water partition coefficient (Wildman–Crippen LogP) is 6.45. The number of aryl methyl sites for hydroxylation is 1. The Hall–Kier alpha value is -3.96. The van der Waals surface area contributed by atoms with Gasteiger partial charge in [0, 0.05) is 17.5 Å². The molecule has 0 bridgehead atoms. The van der Waals surface area contributed by atoms with Crippen molar-refractivity contribution in [1.29, 1.82) is 0 Å². The molecular formula is C28H23N3OS.